The quantitative estimate of drug-likeness (QED) is 0.621. The molecule has 72 valence electrons. The van der Waals surface area contributed by atoms with Crippen LogP contribution in [0.25, 0.3) is 0 Å². The van der Waals surface area contributed by atoms with E-state index in [4.69, 9.17) is 10.8 Å². The molecule has 13 heavy (non-hydrogen) atoms. The highest BCUT2D eigenvalue weighted by molar-refractivity contribution is 5.36. The molecule has 1 atom stereocenters. The monoisotopic (exact) mass is 182 g/mol. The number of hydrogen-bond donors (Lipinski definition) is 3. The topological polar surface area (TPSA) is 84.1 Å². The summed E-state index contributed by atoms with van der Waals surface area (Å²) in [6.07, 6.45) is 3.75. The van der Waals surface area contributed by atoms with Gasteiger partial charge in [-0.05, 0) is 13.3 Å². The van der Waals surface area contributed by atoms with Crippen molar-refractivity contribution in [3.05, 3.63) is 12.4 Å². The summed E-state index contributed by atoms with van der Waals surface area (Å²) in [7, 11) is 0. The molecule has 0 aliphatic carbocycles. The molecule has 1 unspecified atom stereocenters. The zero-order valence-electron chi connectivity index (χ0n) is 7.57. The van der Waals surface area contributed by atoms with Crippen LogP contribution in [0.4, 0.5) is 11.6 Å². The number of hydrogen-bond acceptors (Lipinski definition) is 5. The third-order valence-corrected chi connectivity index (χ3v) is 1.63. The molecule has 0 fully saturated rings. The van der Waals surface area contributed by atoms with Crippen molar-refractivity contribution in [3.63, 3.8) is 0 Å². The smallest absolute Gasteiger partial charge is 0.144 e. The van der Waals surface area contributed by atoms with Crippen molar-refractivity contribution in [2.45, 2.75) is 19.4 Å². The minimum atomic E-state index is 0.163. The van der Waals surface area contributed by atoms with Gasteiger partial charge in [0.05, 0.1) is 12.4 Å². The first-order valence-electron chi connectivity index (χ1n) is 4.17. The molecule has 5 heteroatoms. The second-order valence-electron chi connectivity index (χ2n) is 2.88. The second kappa shape index (κ2) is 4.61. The standard InChI is InChI=1S/C8H14N4O/c1-6(2-3-13)12-8-5-10-7(9)4-11-8/h4-6,13H,2-3H2,1H3,(H2,9,10)(H,11,12). The third-order valence-electron chi connectivity index (χ3n) is 1.63. The Morgan fingerprint density at radius 3 is 2.85 bits per heavy atom. The maximum atomic E-state index is 8.66. The highest BCUT2D eigenvalue weighted by atomic mass is 16.3. The second-order valence-corrected chi connectivity index (χ2v) is 2.88. The highest BCUT2D eigenvalue weighted by Crippen LogP contribution is 2.04. The summed E-state index contributed by atoms with van der Waals surface area (Å²) >= 11 is 0. The average molecular weight is 182 g/mol. The van der Waals surface area contributed by atoms with Crippen molar-refractivity contribution in [2.24, 2.45) is 0 Å². The molecule has 0 aliphatic rings. The Kier molecular flexibility index (Phi) is 3.45. The first-order valence-corrected chi connectivity index (χ1v) is 4.17. The third kappa shape index (κ3) is 3.25. The van der Waals surface area contributed by atoms with Crippen molar-refractivity contribution in [2.75, 3.05) is 17.7 Å². The fourth-order valence-corrected chi connectivity index (χ4v) is 0.931. The highest BCUT2D eigenvalue weighted by Gasteiger charge is 2.01. The van der Waals surface area contributed by atoms with E-state index in [1.54, 1.807) is 6.20 Å². The van der Waals surface area contributed by atoms with Crippen LogP contribution in [0.15, 0.2) is 12.4 Å². The van der Waals surface area contributed by atoms with Gasteiger partial charge in [0.15, 0.2) is 0 Å². The van der Waals surface area contributed by atoms with Gasteiger partial charge in [-0.25, -0.2) is 9.97 Å². The lowest BCUT2D eigenvalue weighted by atomic mass is 10.2. The number of nitrogens with zero attached hydrogens (tertiary/aromatic N) is 2. The fourth-order valence-electron chi connectivity index (χ4n) is 0.931. The molecular weight excluding hydrogens is 168 g/mol. The van der Waals surface area contributed by atoms with E-state index in [1.165, 1.54) is 6.20 Å². The van der Waals surface area contributed by atoms with Gasteiger partial charge in [-0.1, -0.05) is 0 Å². The summed E-state index contributed by atoms with van der Waals surface area (Å²) in [6.45, 7) is 2.13. The lowest BCUT2D eigenvalue weighted by Gasteiger charge is -2.12. The number of aromatic nitrogens is 2. The molecule has 0 saturated carbocycles. The number of nitrogen functional groups attached to an aromatic ring is 1. The van der Waals surface area contributed by atoms with Crippen molar-refractivity contribution >= 4 is 11.6 Å². The molecule has 0 aliphatic heterocycles. The van der Waals surface area contributed by atoms with Gasteiger partial charge in [-0.2, -0.15) is 0 Å². The predicted molar refractivity (Wildman–Crippen MR) is 51.2 cm³/mol. The van der Waals surface area contributed by atoms with Crippen molar-refractivity contribution in [1.29, 1.82) is 0 Å². The molecule has 5 nitrogen and oxygen atoms in total. The van der Waals surface area contributed by atoms with E-state index in [0.29, 0.717) is 18.1 Å². The van der Waals surface area contributed by atoms with Gasteiger partial charge >= 0.3 is 0 Å². The van der Waals surface area contributed by atoms with E-state index in [1.807, 2.05) is 6.92 Å². The van der Waals surface area contributed by atoms with Crippen LogP contribution in [0, 0.1) is 0 Å². The molecule has 0 spiro atoms. The summed E-state index contributed by atoms with van der Waals surface area (Å²) in [4.78, 5) is 7.90. The van der Waals surface area contributed by atoms with Crippen molar-refractivity contribution < 1.29 is 5.11 Å². The number of nitrogens with two attached hydrogens (primary N) is 1. The van der Waals surface area contributed by atoms with E-state index in [0.717, 1.165) is 0 Å². The summed E-state index contributed by atoms with van der Waals surface area (Å²) < 4.78 is 0. The number of anilines is 2. The van der Waals surface area contributed by atoms with E-state index in [9.17, 15) is 0 Å². The van der Waals surface area contributed by atoms with Crippen LogP contribution in [0.5, 0.6) is 0 Å². The number of aliphatic hydroxyl groups excluding tert-OH is 1. The Hall–Kier alpha value is -1.36. The minimum Gasteiger partial charge on any atom is -0.396 e. The Labute approximate surface area is 77.0 Å². The molecule has 0 aromatic carbocycles. The Bertz CT molecular complexity index is 249. The Morgan fingerprint density at radius 1 is 1.54 bits per heavy atom. The first kappa shape index (κ1) is 9.73. The number of aliphatic hydroxyl groups is 1. The number of rotatable bonds is 4. The van der Waals surface area contributed by atoms with Gasteiger partial charge in [0, 0.05) is 12.6 Å². The van der Waals surface area contributed by atoms with E-state index in [2.05, 4.69) is 15.3 Å². The summed E-state index contributed by atoms with van der Waals surface area (Å²) in [5.74, 6) is 1.08. The molecule has 1 aromatic rings. The Balaban J connectivity index is 2.49. The summed E-state index contributed by atoms with van der Waals surface area (Å²) in [6, 6.07) is 0.183. The van der Waals surface area contributed by atoms with Gasteiger partial charge in [-0.3, -0.25) is 0 Å². The largest absolute Gasteiger partial charge is 0.396 e. The summed E-state index contributed by atoms with van der Waals surface area (Å²) in [5.41, 5.74) is 5.37. The van der Waals surface area contributed by atoms with Gasteiger partial charge < -0.3 is 16.2 Å². The Morgan fingerprint density at radius 2 is 2.31 bits per heavy atom. The summed E-state index contributed by atoms with van der Waals surface area (Å²) in [5, 5.41) is 11.7. The van der Waals surface area contributed by atoms with Gasteiger partial charge in [0.1, 0.15) is 11.6 Å². The first-order chi connectivity index (χ1) is 6.22. The number of nitrogens with one attached hydrogen (secondary N) is 1. The lowest BCUT2D eigenvalue weighted by molar-refractivity contribution is 0.282. The molecular formula is C8H14N4O. The fraction of sp³-hybridized carbons (Fsp3) is 0.500. The van der Waals surface area contributed by atoms with E-state index in [-0.39, 0.29) is 12.6 Å². The van der Waals surface area contributed by atoms with Crippen LogP contribution >= 0.6 is 0 Å². The van der Waals surface area contributed by atoms with E-state index >= 15 is 0 Å². The van der Waals surface area contributed by atoms with E-state index < -0.39 is 0 Å². The molecule has 1 rings (SSSR count). The average Bonchev–Trinajstić information content (AvgIpc) is 2.09. The normalized spacial score (nSPS) is 12.5. The molecule has 0 amide bonds. The van der Waals surface area contributed by atoms with Crippen LogP contribution in [0.1, 0.15) is 13.3 Å². The van der Waals surface area contributed by atoms with Crippen LogP contribution in [-0.2, 0) is 0 Å². The van der Waals surface area contributed by atoms with Gasteiger partial charge in [0.25, 0.3) is 0 Å². The maximum Gasteiger partial charge on any atom is 0.144 e. The molecule has 1 heterocycles. The van der Waals surface area contributed by atoms with Crippen LogP contribution in [0.2, 0.25) is 0 Å². The predicted octanol–water partition coefficient (Wildman–Crippen LogP) is 0.242. The van der Waals surface area contributed by atoms with Gasteiger partial charge in [0.2, 0.25) is 0 Å². The van der Waals surface area contributed by atoms with Crippen LogP contribution in [-0.4, -0.2) is 27.7 Å². The van der Waals surface area contributed by atoms with Crippen LogP contribution < -0.4 is 11.1 Å². The zero-order chi connectivity index (χ0) is 9.68. The maximum absolute atomic E-state index is 8.66. The SMILES string of the molecule is CC(CCO)Nc1cnc(N)cn1. The van der Waals surface area contributed by atoms with Crippen molar-refractivity contribution in [3.8, 4) is 0 Å². The lowest BCUT2D eigenvalue weighted by Crippen LogP contribution is -2.17. The zero-order valence-corrected chi connectivity index (χ0v) is 7.57. The van der Waals surface area contributed by atoms with Gasteiger partial charge in [-0.15, -0.1) is 0 Å². The molecule has 1 aromatic heterocycles. The minimum absolute atomic E-state index is 0.163. The molecule has 0 radical (unpaired) electrons. The molecule has 4 N–H and O–H groups in total. The van der Waals surface area contributed by atoms with Crippen molar-refractivity contribution in [1.82, 2.24) is 9.97 Å². The van der Waals surface area contributed by atoms with Crippen LogP contribution in [0.3, 0.4) is 0 Å². The molecule has 0 saturated heterocycles. The molecule has 0 bridgehead atoms.